The molecule has 0 aliphatic carbocycles. The predicted molar refractivity (Wildman–Crippen MR) is 49.7 cm³/mol. The first-order valence-electron chi connectivity index (χ1n) is 4.02. The van der Waals surface area contributed by atoms with Crippen molar-refractivity contribution in [3.63, 3.8) is 0 Å². The second kappa shape index (κ2) is 3.97. The van der Waals surface area contributed by atoms with E-state index in [0.29, 0.717) is 5.92 Å². The summed E-state index contributed by atoms with van der Waals surface area (Å²) in [6.45, 7) is 4.26. The molecule has 0 saturated carbocycles. The summed E-state index contributed by atoms with van der Waals surface area (Å²) in [7, 11) is 0. The summed E-state index contributed by atoms with van der Waals surface area (Å²) in [6, 6.07) is 10.5. The molecule has 0 N–H and O–H groups in total. The SMILES string of the molecule is C/C=C\[C@H](C)c1ccccc1. The van der Waals surface area contributed by atoms with Crippen LogP contribution < -0.4 is 0 Å². The minimum atomic E-state index is 0.543. The Balaban J connectivity index is 2.76. The Morgan fingerprint density at radius 1 is 1.18 bits per heavy atom. The van der Waals surface area contributed by atoms with E-state index in [2.05, 4.69) is 50.3 Å². The van der Waals surface area contributed by atoms with Gasteiger partial charge in [-0.05, 0) is 18.4 Å². The van der Waals surface area contributed by atoms with Crippen molar-refractivity contribution in [2.45, 2.75) is 19.8 Å². The molecule has 0 heterocycles. The van der Waals surface area contributed by atoms with E-state index in [1.54, 1.807) is 0 Å². The third kappa shape index (κ3) is 2.23. The van der Waals surface area contributed by atoms with E-state index in [1.807, 2.05) is 6.07 Å². The third-order valence-electron chi connectivity index (χ3n) is 1.81. The van der Waals surface area contributed by atoms with Gasteiger partial charge in [0.1, 0.15) is 0 Å². The van der Waals surface area contributed by atoms with Gasteiger partial charge in [0.25, 0.3) is 0 Å². The van der Waals surface area contributed by atoms with Gasteiger partial charge in [-0.15, -0.1) is 0 Å². The van der Waals surface area contributed by atoms with Crippen LogP contribution in [0.1, 0.15) is 25.3 Å². The van der Waals surface area contributed by atoms with E-state index < -0.39 is 0 Å². The predicted octanol–water partition coefficient (Wildman–Crippen LogP) is 3.37. The van der Waals surface area contributed by atoms with Crippen LogP contribution in [0.15, 0.2) is 42.5 Å². The van der Waals surface area contributed by atoms with Gasteiger partial charge < -0.3 is 0 Å². The summed E-state index contributed by atoms with van der Waals surface area (Å²) >= 11 is 0. The van der Waals surface area contributed by atoms with Gasteiger partial charge in [0.05, 0.1) is 0 Å². The molecule has 0 unspecified atom stereocenters. The summed E-state index contributed by atoms with van der Waals surface area (Å²) in [5, 5.41) is 0. The number of benzene rings is 1. The topological polar surface area (TPSA) is 0 Å². The van der Waals surface area contributed by atoms with Gasteiger partial charge in [0.15, 0.2) is 0 Å². The summed E-state index contributed by atoms with van der Waals surface area (Å²) < 4.78 is 0. The van der Waals surface area contributed by atoms with Gasteiger partial charge in [0.2, 0.25) is 0 Å². The Bertz CT molecular complexity index is 221. The third-order valence-corrected chi connectivity index (χ3v) is 1.81. The number of hydrogen-bond donors (Lipinski definition) is 0. The highest BCUT2D eigenvalue weighted by atomic mass is 14.0. The maximum Gasteiger partial charge on any atom is -0.00105 e. The Labute approximate surface area is 68.6 Å². The van der Waals surface area contributed by atoms with Crippen molar-refractivity contribution in [3.05, 3.63) is 48.0 Å². The molecule has 0 heteroatoms. The second-order valence-electron chi connectivity index (χ2n) is 2.73. The van der Waals surface area contributed by atoms with E-state index in [4.69, 9.17) is 0 Å². The Kier molecular flexibility index (Phi) is 2.91. The van der Waals surface area contributed by atoms with E-state index in [1.165, 1.54) is 5.56 Å². The van der Waals surface area contributed by atoms with E-state index >= 15 is 0 Å². The molecule has 0 bridgehead atoms. The summed E-state index contributed by atoms with van der Waals surface area (Å²) in [5.74, 6) is 0.543. The molecule has 1 aromatic carbocycles. The fraction of sp³-hybridized carbons (Fsp3) is 0.273. The highest BCUT2D eigenvalue weighted by Crippen LogP contribution is 2.14. The Hall–Kier alpha value is -1.04. The second-order valence-corrected chi connectivity index (χ2v) is 2.73. The van der Waals surface area contributed by atoms with Gasteiger partial charge in [-0.2, -0.15) is 0 Å². The smallest absolute Gasteiger partial charge is 0.00105 e. The molecule has 0 nitrogen and oxygen atoms in total. The van der Waals surface area contributed by atoms with Crippen LogP contribution in [0.5, 0.6) is 0 Å². The summed E-state index contributed by atoms with van der Waals surface area (Å²) in [6.07, 6.45) is 4.30. The Morgan fingerprint density at radius 2 is 1.82 bits per heavy atom. The molecule has 0 fully saturated rings. The van der Waals surface area contributed by atoms with Gasteiger partial charge in [0, 0.05) is 0 Å². The van der Waals surface area contributed by atoms with Crippen LogP contribution in [0.4, 0.5) is 0 Å². The van der Waals surface area contributed by atoms with Crippen molar-refractivity contribution in [2.24, 2.45) is 0 Å². The van der Waals surface area contributed by atoms with Gasteiger partial charge in [-0.25, -0.2) is 0 Å². The molecule has 1 aromatic rings. The number of rotatable bonds is 2. The molecule has 58 valence electrons. The lowest BCUT2D eigenvalue weighted by Crippen LogP contribution is -1.86. The van der Waals surface area contributed by atoms with Crippen LogP contribution in [-0.2, 0) is 0 Å². The first-order valence-corrected chi connectivity index (χ1v) is 4.02. The molecule has 1 rings (SSSR count). The zero-order chi connectivity index (χ0) is 8.10. The summed E-state index contributed by atoms with van der Waals surface area (Å²) in [4.78, 5) is 0. The van der Waals surface area contributed by atoms with Crippen molar-refractivity contribution in [3.8, 4) is 0 Å². The van der Waals surface area contributed by atoms with Crippen LogP contribution in [0, 0.1) is 0 Å². The monoisotopic (exact) mass is 146 g/mol. The van der Waals surface area contributed by atoms with Gasteiger partial charge in [-0.1, -0.05) is 49.4 Å². The quantitative estimate of drug-likeness (QED) is 0.561. The van der Waals surface area contributed by atoms with Crippen LogP contribution in [0.3, 0.4) is 0 Å². The van der Waals surface area contributed by atoms with E-state index in [9.17, 15) is 0 Å². The van der Waals surface area contributed by atoms with Crippen molar-refractivity contribution in [1.82, 2.24) is 0 Å². The highest BCUT2D eigenvalue weighted by molar-refractivity contribution is 5.22. The number of hydrogen-bond acceptors (Lipinski definition) is 0. The first kappa shape index (κ1) is 8.06. The van der Waals surface area contributed by atoms with Crippen LogP contribution in [-0.4, -0.2) is 0 Å². The summed E-state index contributed by atoms with van der Waals surface area (Å²) in [5.41, 5.74) is 1.38. The highest BCUT2D eigenvalue weighted by Gasteiger charge is 1.97. The van der Waals surface area contributed by atoms with Crippen LogP contribution >= 0.6 is 0 Å². The lowest BCUT2D eigenvalue weighted by atomic mass is 10.0. The fourth-order valence-electron chi connectivity index (χ4n) is 1.16. The Morgan fingerprint density at radius 3 is 2.36 bits per heavy atom. The normalized spacial score (nSPS) is 13.6. The average molecular weight is 146 g/mol. The van der Waals surface area contributed by atoms with Crippen molar-refractivity contribution < 1.29 is 0 Å². The molecule has 11 heavy (non-hydrogen) atoms. The average Bonchev–Trinajstić information content (AvgIpc) is 2.07. The van der Waals surface area contributed by atoms with Gasteiger partial charge in [-0.3, -0.25) is 0 Å². The lowest BCUT2D eigenvalue weighted by molar-refractivity contribution is 0.965. The lowest BCUT2D eigenvalue weighted by Gasteiger charge is -2.04. The first-order chi connectivity index (χ1) is 5.34. The van der Waals surface area contributed by atoms with E-state index in [0.717, 1.165) is 0 Å². The molecular formula is C11H14. The minimum Gasteiger partial charge on any atom is -0.0911 e. The molecule has 0 aliphatic heterocycles. The zero-order valence-corrected chi connectivity index (χ0v) is 7.12. The largest absolute Gasteiger partial charge is 0.0911 e. The zero-order valence-electron chi connectivity index (χ0n) is 7.12. The molecule has 0 amide bonds. The van der Waals surface area contributed by atoms with Crippen molar-refractivity contribution in [2.75, 3.05) is 0 Å². The molecular weight excluding hydrogens is 132 g/mol. The molecule has 0 radical (unpaired) electrons. The minimum absolute atomic E-state index is 0.543. The molecule has 0 spiro atoms. The molecule has 0 saturated heterocycles. The van der Waals surface area contributed by atoms with Crippen LogP contribution in [0.2, 0.25) is 0 Å². The molecule has 0 aromatic heterocycles. The molecule has 1 atom stereocenters. The molecule has 0 aliphatic rings. The maximum atomic E-state index is 2.20. The van der Waals surface area contributed by atoms with Gasteiger partial charge >= 0.3 is 0 Å². The standard InChI is InChI=1S/C11H14/c1-3-7-10(2)11-8-5-4-6-9-11/h3-10H,1-2H3/b7-3-/t10-/m0/s1. The van der Waals surface area contributed by atoms with Crippen molar-refractivity contribution >= 4 is 0 Å². The fourth-order valence-corrected chi connectivity index (χ4v) is 1.16. The van der Waals surface area contributed by atoms with Crippen LogP contribution in [0.25, 0.3) is 0 Å². The maximum absolute atomic E-state index is 2.20. The van der Waals surface area contributed by atoms with E-state index in [-0.39, 0.29) is 0 Å². The van der Waals surface area contributed by atoms with Crippen molar-refractivity contribution in [1.29, 1.82) is 0 Å². The number of allylic oxidation sites excluding steroid dienone is 2.